The van der Waals surface area contributed by atoms with Gasteiger partial charge in [0, 0.05) is 25.8 Å². The van der Waals surface area contributed by atoms with Crippen molar-refractivity contribution in [3.63, 3.8) is 0 Å². The van der Waals surface area contributed by atoms with Crippen LogP contribution >= 0.6 is 39.3 Å². The fourth-order valence-corrected chi connectivity index (χ4v) is 3.29. The summed E-state index contributed by atoms with van der Waals surface area (Å²) in [5.41, 5.74) is 8.05. The van der Waals surface area contributed by atoms with Gasteiger partial charge in [0.05, 0.1) is 5.75 Å². The predicted molar refractivity (Wildman–Crippen MR) is 94.1 cm³/mol. The van der Waals surface area contributed by atoms with E-state index in [0.717, 1.165) is 14.9 Å². The van der Waals surface area contributed by atoms with Gasteiger partial charge in [-0.05, 0) is 58.7 Å². The van der Waals surface area contributed by atoms with E-state index in [0.29, 0.717) is 22.2 Å². The minimum absolute atomic E-state index is 0.0800. The maximum absolute atomic E-state index is 11.9. The third-order valence-corrected chi connectivity index (χ3v) is 5.17. The van der Waals surface area contributed by atoms with Gasteiger partial charge in [0.25, 0.3) is 0 Å². The Bertz CT molecular complexity index is 679. The van der Waals surface area contributed by atoms with Gasteiger partial charge >= 0.3 is 0 Å². The maximum Gasteiger partial charge on any atom is 0.234 e. The van der Waals surface area contributed by atoms with Crippen molar-refractivity contribution in [1.82, 2.24) is 0 Å². The molecule has 0 saturated heterocycles. The standard InChI is InChI=1S/C15H14BrClN2OS/c1-9-2-4-11(7-13(9)17)19-15(20)8-21-14-5-3-10(18)6-12(14)16/h2-7H,8,18H2,1H3,(H,19,20). The number of nitrogen functional groups attached to an aromatic ring is 1. The zero-order valence-electron chi connectivity index (χ0n) is 11.3. The molecule has 0 radical (unpaired) electrons. The number of hydrogen-bond donors (Lipinski definition) is 2. The van der Waals surface area contributed by atoms with E-state index >= 15 is 0 Å². The summed E-state index contributed by atoms with van der Waals surface area (Å²) in [5, 5.41) is 3.47. The van der Waals surface area contributed by atoms with Gasteiger partial charge in [0.15, 0.2) is 0 Å². The summed E-state index contributed by atoms with van der Waals surface area (Å²) in [4.78, 5) is 12.9. The first-order valence-electron chi connectivity index (χ1n) is 6.19. The van der Waals surface area contributed by atoms with Crippen molar-refractivity contribution in [3.8, 4) is 0 Å². The second kappa shape index (κ2) is 7.20. The Morgan fingerprint density at radius 1 is 1.33 bits per heavy atom. The highest BCUT2D eigenvalue weighted by Gasteiger charge is 2.07. The molecule has 2 rings (SSSR count). The van der Waals surface area contributed by atoms with Crippen LogP contribution in [-0.2, 0) is 4.79 Å². The van der Waals surface area contributed by atoms with Gasteiger partial charge in [-0.15, -0.1) is 11.8 Å². The lowest BCUT2D eigenvalue weighted by molar-refractivity contribution is -0.113. The van der Waals surface area contributed by atoms with Gasteiger partial charge in [-0.25, -0.2) is 0 Å². The second-order valence-corrected chi connectivity index (χ2v) is 6.77. The van der Waals surface area contributed by atoms with E-state index in [9.17, 15) is 4.79 Å². The molecular formula is C15H14BrClN2OS. The first-order valence-corrected chi connectivity index (χ1v) is 8.35. The molecule has 2 aromatic carbocycles. The molecule has 0 aliphatic rings. The summed E-state index contributed by atoms with van der Waals surface area (Å²) in [7, 11) is 0. The molecule has 0 fully saturated rings. The van der Waals surface area contributed by atoms with Crippen molar-refractivity contribution < 1.29 is 4.79 Å². The Hall–Kier alpha value is -1.17. The molecule has 0 saturated carbocycles. The number of hydrogen-bond acceptors (Lipinski definition) is 3. The predicted octanol–water partition coefficient (Wildman–Crippen LogP) is 4.72. The molecule has 0 atom stereocenters. The normalized spacial score (nSPS) is 10.4. The van der Waals surface area contributed by atoms with Gasteiger partial charge in [0.1, 0.15) is 0 Å². The average molecular weight is 386 g/mol. The van der Waals surface area contributed by atoms with Crippen molar-refractivity contribution >= 4 is 56.6 Å². The number of nitrogens with one attached hydrogen (secondary N) is 1. The van der Waals surface area contributed by atoms with Crippen LogP contribution in [0.1, 0.15) is 5.56 Å². The number of carbonyl (C=O) groups is 1. The Morgan fingerprint density at radius 2 is 2.10 bits per heavy atom. The van der Waals surface area contributed by atoms with Crippen LogP contribution in [0.5, 0.6) is 0 Å². The molecule has 110 valence electrons. The largest absolute Gasteiger partial charge is 0.399 e. The molecule has 1 amide bonds. The number of benzene rings is 2. The zero-order valence-corrected chi connectivity index (χ0v) is 14.5. The zero-order chi connectivity index (χ0) is 15.4. The van der Waals surface area contributed by atoms with Crippen LogP contribution in [0.25, 0.3) is 0 Å². The number of anilines is 2. The number of aryl methyl sites for hydroxylation is 1. The minimum atomic E-state index is -0.0800. The molecule has 3 nitrogen and oxygen atoms in total. The molecule has 0 spiro atoms. The molecule has 6 heteroatoms. The molecule has 0 aromatic heterocycles. The highest BCUT2D eigenvalue weighted by Crippen LogP contribution is 2.29. The fraction of sp³-hybridized carbons (Fsp3) is 0.133. The van der Waals surface area contributed by atoms with Crippen LogP contribution in [0, 0.1) is 6.92 Å². The first kappa shape index (κ1) is 16.2. The van der Waals surface area contributed by atoms with Crippen LogP contribution in [-0.4, -0.2) is 11.7 Å². The van der Waals surface area contributed by atoms with Crippen molar-refractivity contribution in [2.45, 2.75) is 11.8 Å². The van der Waals surface area contributed by atoms with Gasteiger partial charge in [-0.1, -0.05) is 17.7 Å². The summed E-state index contributed by atoms with van der Waals surface area (Å²) >= 11 is 10.9. The number of nitrogens with two attached hydrogens (primary N) is 1. The Kier molecular flexibility index (Phi) is 5.56. The third kappa shape index (κ3) is 4.66. The summed E-state index contributed by atoms with van der Waals surface area (Å²) in [6, 6.07) is 11.0. The minimum Gasteiger partial charge on any atom is -0.399 e. The summed E-state index contributed by atoms with van der Waals surface area (Å²) < 4.78 is 0.888. The summed E-state index contributed by atoms with van der Waals surface area (Å²) in [6.07, 6.45) is 0. The topological polar surface area (TPSA) is 55.1 Å². The van der Waals surface area contributed by atoms with Gasteiger partial charge in [0.2, 0.25) is 5.91 Å². The Morgan fingerprint density at radius 3 is 2.76 bits per heavy atom. The van der Waals surface area contributed by atoms with Gasteiger partial charge < -0.3 is 11.1 Å². The summed E-state index contributed by atoms with van der Waals surface area (Å²) in [5.74, 6) is 0.234. The van der Waals surface area contributed by atoms with E-state index in [2.05, 4.69) is 21.2 Å². The van der Waals surface area contributed by atoms with E-state index in [-0.39, 0.29) is 5.91 Å². The molecule has 0 bridgehead atoms. The van der Waals surface area contributed by atoms with E-state index < -0.39 is 0 Å². The van der Waals surface area contributed by atoms with Gasteiger partial charge in [-0.3, -0.25) is 4.79 Å². The molecule has 21 heavy (non-hydrogen) atoms. The van der Waals surface area contributed by atoms with Gasteiger partial charge in [-0.2, -0.15) is 0 Å². The van der Waals surface area contributed by atoms with E-state index in [4.69, 9.17) is 17.3 Å². The molecule has 0 aliphatic carbocycles. The Balaban J connectivity index is 1.94. The molecule has 2 aromatic rings. The van der Waals surface area contributed by atoms with E-state index in [1.807, 2.05) is 37.3 Å². The molecule has 3 N–H and O–H groups in total. The lowest BCUT2D eigenvalue weighted by Gasteiger charge is -2.08. The highest BCUT2D eigenvalue weighted by atomic mass is 79.9. The van der Waals surface area contributed by atoms with Crippen LogP contribution in [0.4, 0.5) is 11.4 Å². The van der Waals surface area contributed by atoms with Crippen LogP contribution in [0.2, 0.25) is 5.02 Å². The fourth-order valence-electron chi connectivity index (χ4n) is 1.65. The average Bonchev–Trinajstić information content (AvgIpc) is 2.42. The van der Waals surface area contributed by atoms with Crippen molar-refractivity contribution in [1.29, 1.82) is 0 Å². The third-order valence-electron chi connectivity index (χ3n) is 2.77. The van der Waals surface area contributed by atoms with Crippen LogP contribution in [0.3, 0.4) is 0 Å². The molecule has 0 unspecified atom stereocenters. The number of halogens is 2. The van der Waals surface area contributed by atoms with Crippen molar-refractivity contribution in [2.75, 3.05) is 16.8 Å². The van der Waals surface area contributed by atoms with Crippen LogP contribution < -0.4 is 11.1 Å². The SMILES string of the molecule is Cc1ccc(NC(=O)CSc2ccc(N)cc2Br)cc1Cl. The first-order chi connectivity index (χ1) is 9.95. The smallest absolute Gasteiger partial charge is 0.234 e. The van der Waals surface area contributed by atoms with Crippen molar-refractivity contribution in [3.05, 3.63) is 51.5 Å². The van der Waals surface area contributed by atoms with Crippen molar-refractivity contribution in [2.24, 2.45) is 0 Å². The van der Waals surface area contributed by atoms with E-state index in [1.165, 1.54) is 11.8 Å². The number of thioether (sulfide) groups is 1. The summed E-state index contributed by atoms with van der Waals surface area (Å²) in [6.45, 7) is 1.92. The molecule has 0 heterocycles. The Labute approximate surface area is 141 Å². The second-order valence-electron chi connectivity index (χ2n) is 4.49. The quantitative estimate of drug-likeness (QED) is 0.591. The highest BCUT2D eigenvalue weighted by molar-refractivity contribution is 9.10. The molecule has 0 aliphatic heterocycles. The number of amides is 1. The monoisotopic (exact) mass is 384 g/mol. The number of carbonyl (C=O) groups excluding carboxylic acids is 1. The molecular weight excluding hydrogens is 372 g/mol. The van der Waals surface area contributed by atoms with E-state index in [1.54, 1.807) is 6.07 Å². The number of rotatable bonds is 4. The maximum atomic E-state index is 11.9. The lowest BCUT2D eigenvalue weighted by atomic mass is 10.2. The lowest BCUT2D eigenvalue weighted by Crippen LogP contribution is -2.14. The van der Waals surface area contributed by atoms with Crippen LogP contribution in [0.15, 0.2) is 45.8 Å².